The minimum atomic E-state index is -0.180. The van der Waals surface area contributed by atoms with E-state index in [0.29, 0.717) is 25.1 Å². The Kier molecular flexibility index (Phi) is 6.95. The van der Waals surface area contributed by atoms with Gasteiger partial charge in [-0.15, -0.1) is 11.3 Å². The van der Waals surface area contributed by atoms with Gasteiger partial charge in [0.1, 0.15) is 0 Å². The summed E-state index contributed by atoms with van der Waals surface area (Å²) in [7, 11) is 0. The molecule has 4 aliphatic rings. The zero-order chi connectivity index (χ0) is 26.8. The van der Waals surface area contributed by atoms with Crippen molar-refractivity contribution < 1.29 is 14.3 Å². The van der Waals surface area contributed by atoms with Crippen LogP contribution in [0.1, 0.15) is 66.6 Å². The molecule has 204 valence electrons. The molecule has 4 atom stereocenters. The lowest BCUT2D eigenvalue weighted by Crippen LogP contribution is -2.58. The highest BCUT2D eigenvalue weighted by molar-refractivity contribution is 7.11. The predicted octanol–water partition coefficient (Wildman–Crippen LogP) is 5.39. The SMILES string of the molecule is Cc1nc(C2CCC(N3CC(CN4C(=O)C5C(C4=O)C5(C)C)OCC3Cc3ccc(Cl)cc3)CC2)sc1C. The van der Waals surface area contributed by atoms with Crippen molar-refractivity contribution in [3.8, 4) is 0 Å². The van der Waals surface area contributed by atoms with E-state index < -0.39 is 0 Å². The van der Waals surface area contributed by atoms with Gasteiger partial charge in [0.15, 0.2) is 0 Å². The first-order valence-corrected chi connectivity index (χ1v) is 15.2. The number of aromatic nitrogens is 1. The van der Waals surface area contributed by atoms with Crippen LogP contribution in [-0.2, 0) is 20.7 Å². The third-order valence-corrected chi connectivity index (χ3v) is 11.1. The number of imide groups is 1. The van der Waals surface area contributed by atoms with Gasteiger partial charge in [-0.2, -0.15) is 0 Å². The second-order valence-corrected chi connectivity index (χ2v) is 14.1. The number of benzene rings is 1. The van der Waals surface area contributed by atoms with E-state index in [4.69, 9.17) is 21.3 Å². The van der Waals surface area contributed by atoms with Gasteiger partial charge in [-0.1, -0.05) is 37.6 Å². The normalized spacial score (nSPS) is 33.0. The standard InChI is InChI=1S/C30H38ClN3O3S/c1-17-18(2)38-27(32-17)20-7-11-22(12-8-20)33-14-24(15-34-28(35)25-26(29(34)36)30(25,3)4)37-16-23(33)13-19-5-9-21(31)10-6-19/h5-6,9-10,20,22-26H,7-8,11-16H2,1-4H3. The van der Waals surface area contributed by atoms with Gasteiger partial charge in [0.2, 0.25) is 11.8 Å². The molecule has 6 nitrogen and oxygen atoms in total. The van der Waals surface area contributed by atoms with Crippen LogP contribution in [-0.4, -0.2) is 64.5 Å². The lowest BCUT2D eigenvalue weighted by atomic mass is 9.84. The van der Waals surface area contributed by atoms with E-state index in [0.717, 1.165) is 43.7 Å². The predicted molar refractivity (Wildman–Crippen MR) is 149 cm³/mol. The maximum absolute atomic E-state index is 13.0. The van der Waals surface area contributed by atoms with Gasteiger partial charge < -0.3 is 4.74 Å². The summed E-state index contributed by atoms with van der Waals surface area (Å²) in [5.74, 6) is 0.266. The van der Waals surface area contributed by atoms with Crippen molar-refractivity contribution in [3.63, 3.8) is 0 Å². The molecule has 0 radical (unpaired) electrons. The average Bonchev–Trinajstić information content (AvgIpc) is 3.16. The summed E-state index contributed by atoms with van der Waals surface area (Å²) >= 11 is 7.99. The number of amides is 2. The second-order valence-electron chi connectivity index (χ2n) is 12.4. The minimum Gasteiger partial charge on any atom is -0.373 e. The molecule has 1 aromatic heterocycles. The highest BCUT2D eigenvalue weighted by atomic mass is 35.5. The Hall–Kier alpha value is -1.80. The molecule has 1 aromatic carbocycles. The quantitative estimate of drug-likeness (QED) is 0.447. The van der Waals surface area contributed by atoms with Crippen molar-refractivity contribution in [1.82, 2.24) is 14.8 Å². The zero-order valence-corrected chi connectivity index (χ0v) is 24.4. The molecule has 8 heteroatoms. The Balaban J connectivity index is 1.15. The van der Waals surface area contributed by atoms with Crippen LogP contribution in [0.2, 0.25) is 5.02 Å². The summed E-state index contributed by atoms with van der Waals surface area (Å²) in [6.45, 7) is 10.1. The Morgan fingerprint density at radius 3 is 2.32 bits per heavy atom. The molecule has 38 heavy (non-hydrogen) atoms. The van der Waals surface area contributed by atoms with Crippen molar-refractivity contribution in [1.29, 1.82) is 0 Å². The van der Waals surface area contributed by atoms with Gasteiger partial charge in [0.05, 0.1) is 41.8 Å². The lowest BCUT2D eigenvalue weighted by Gasteiger charge is -2.46. The highest BCUT2D eigenvalue weighted by Gasteiger charge is 2.72. The number of thiazole rings is 1. The van der Waals surface area contributed by atoms with Crippen molar-refractivity contribution in [3.05, 3.63) is 50.4 Å². The summed E-state index contributed by atoms with van der Waals surface area (Å²) < 4.78 is 6.35. The van der Waals surface area contributed by atoms with E-state index in [1.165, 1.54) is 26.0 Å². The number of fused-ring (bicyclic) bond motifs is 1. The van der Waals surface area contributed by atoms with E-state index in [1.54, 1.807) is 0 Å². The number of carbonyl (C=O) groups is 2. The number of carbonyl (C=O) groups excluding carboxylic acids is 2. The van der Waals surface area contributed by atoms with Gasteiger partial charge in [-0.25, -0.2) is 4.98 Å². The molecule has 0 spiro atoms. The monoisotopic (exact) mass is 555 g/mol. The second kappa shape index (κ2) is 9.99. The van der Waals surface area contributed by atoms with E-state index >= 15 is 0 Å². The van der Waals surface area contributed by atoms with Crippen LogP contribution in [0.3, 0.4) is 0 Å². The third-order valence-electron chi connectivity index (χ3n) is 9.63. The van der Waals surface area contributed by atoms with Crippen molar-refractivity contribution in [2.24, 2.45) is 17.3 Å². The van der Waals surface area contributed by atoms with Crippen LogP contribution in [0.5, 0.6) is 0 Å². The van der Waals surface area contributed by atoms with Gasteiger partial charge in [0, 0.05) is 34.4 Å². The minimum absolute atomic E-state index is 0.00187. The molecule has 2 saturated heterocycles. The first-order valence-electron chi connectivity index (χ1n) is 14.0. The summed E-state index contributed by atoms with van der Waals surface area (Å²) in [4.78, 5) is 36.3. The molecule has 2 amide bonds. The molecular weight excluding hydrogens is 518 g/mol. The Bertz CT molecular complexity index is 1180. The number of likely N-dealkylation sites (tertiary alicyclic amines) is 1. The molecule has 3 heterocycles. The Morgan fingerprint density at radius 1 is 1.05 bits per heavy atom. The van der Waals surface area contributed by atoms with Crippen LogP contribution >= 0.6 is 22.9 Å². The molecule has 4 unspecified atom stereocenters. The van der Waals surface area contributed by atoms with E-state index in [9.17, 15) is 9.59 Å². The molecule has 2 aliphatic heterocycles. The lowest BCUT2D eigenvalue weighted by molar-refractivity contribution is -0.148. The summed E-state index contributed by atoms with van der Waals surface area (Å²) in [5, 5.41) is 2.04. The number of hydrogen-bond acceptors (Lipinski definition) is 6. The van der Waals surface area contributed by atoms with Crippen molar-refractivity contribution >= 4 is 34.8 Å². The van der Waals surface area contributed by atoms with Crippen LogP contribution < -0.4 is 0 Å². The first kappa shape index (κ1) is 26.4. The van der Waals surface area contributed by atoms with Crippen molar-refractivity contribution in [2.45, 2.75) is 83.9 Å². The number of morpholine rings is 1. The Morgan fingerprint density at radius 2 is 1.71 bits per heavy atom. The smallest absolute Gasteiger partial charge is 0.233 e. The fraction of sp³-hybridized carbons (Fsp3) is 0.633. The summed E-state index contributed by atoms with van der Waals surface area (Å²) in [6.07, 6.45) is 5.31. The number of halogens is 1. The summed E-state index contributed by atoms with van der Waals surface area (Å²) in [5.41, 5.74) is 2.24. The molecule has 2 saturated carbocycles. The maximum atomic E-state index is 13.0. The number of nitrogens with zero attached hydrogens (tertiary/aromatic N) is 3. The molecule has 0 bridgehead atoms. The molecule has 6 rings (SSSR count). The van der Waals surface area contributed by atoms with E-state index in [1.807, 2.05) is 37.3 Å². The Labute approximate surface area is 234 Å². The van der Waals surface area contributed by atoms with Crippen LogP contribution in [0.4, 0.5) is 0 Å². The fourth-order valence-electron chi connectivity index (χ4n) is 7.12. The number of aryl methyl sites for hydroxylation is 2. The van der Waals surface area contributed by atoms with Crippen LogP contribution in [0.25, 0.3) is 0 Å². The first-order chi connectivity index (χ1) is 18.1. The molecule has 4 fully saturated rings. The van der Waals surface area contributed by atoms with Crippen LogP contribution in [0, 0.1) is 31.1 Å². The molecule has 0 N–H and O–H groups in total. The molecule has 2 aromatic rings. The average molecular weight is 556 g/mol. The number of hydrogen-bond donors (Lipinski definition) is 0. The van der Waals surface area contributed by atoms with E-state index in [-0.39, 0.29) is 41.2 Å². The number of piperidine rings is 1. The van der Waals surface area contributed by atoms with Gasteiger partial charge in [0.25, 0.3) is 0 Å². The largest absolute Gasteiger partial charge is 0.373 e. The van der Waals surface area contributed by atoms with E-state index in [2.05, 4.69) is 30.9 Å². The maximum Gasteiger partial charge on any atom is 0.233 e. The number of ether oxygens (including phenoxy) is 1. The van der Waals surface area contributed by atoms with Gasteiger partial charge >= 0.3 is 0 Å². The fourth-order valence-corrected chi connectivity index (χ4v) is 8.34. The number of rotatable bonds is 6. The zero-order valence-electron chi connectivity index (χ0n) is 22.8. The van der Waals surface area contributed by atoms with Crippen molar-refractivity contribution in [2.75, 3.05) is 19.7 Å². The third kappa shape index (κ3) is 4.74. The highest BCUT2D eigenvalue weighted by Crippen LogP contribution is 2.63. The topological polar surface area (TPSA) is 62.7 Å². The van der Waals surface area contributed by atoms with Crippen LogP contribution in [0.15, 0.2) is 24.3 Å². The molecular formula is C30H38ClN3O3S. The molecule has 2 aliphatic carbocycles. The van der Waals surface area contributed by atoms with Gasteiger partial charge in [-0.3, -0.25) is 19.4 Å². The summed E-state index contributed by atoms with van der Waals surface area (Å²) in [6, 6.07) is 8.84. The van der Waals surface area contributed by atoms with Gasteiger partial charge in [-0.05, 0) is 69.1 Å².